The summed E-state index contributed by atoms with van der Waals surface area (Å²) in [6.07, 6.45) is 4.94. The van der Waals surface area contributed by atoms with Crippen LogP contribution in [-0.4, -0.2) is 63.7 Å². The summed E-state index contributed by atoms with van der Waals surface area (Å²) in [6.45, 7) is 3.14. The topological polar surface area (TPSA) is 113 Å². The van der Waals surface area contributed by atoms with E-state index in [4.69, 9.17) is 22.1 Å². The number of carbonyl (C=O) groups excluding carboxylic acids is 1. The molecule has 4 heterocycles. The predicted molar refractivity (Wildman–Crippen MR) is 92.7 cm³/mol. The number of anilines is 2. The average molecular weight is 362 g/mol. The van der Waals surface area contributed by atoms with Gasteiger partial charge in [-0.15, -0.1) is 0 Å². The maximum Gasteiger partial charge on any atom is 0.261 e. The number of nitrogens with one attached hydrogen (secondary N) is 1. The predicted octanol–water partition coefficient (Wildman–Crippen LogP) is 0.612. The van der Waals surface area contributed by atoms with Crippen molar-refractivity contribution in [2.24, 2.45) is 0 Å². The zero-order valence-corrected chi connectivity index (χ0v) is 14.0. The average Bonchev–Trinajstić information content (AvgIpc) is 3.19. The Hall–Kier alpha value is -2.49. The number of nitrogens with two attached hydrogens (primary N) is 1. The van der Waals surface area contributed by atoms with E-state index >= 15 is 0 Å². The molecule has 1 fully saturated rings. The van der Waals surface area contributed by atoms with Crippen LogP contribution in [0.3, 0.4) is 0 Å². The molecule has 0 aromatic carbocycles. The van der Waals surface area contributed by atoms with E-state index in [1.165, 1.54) is 0 Å². The lowest BCUT2D eigenvalue weighted by atomic mass is 10.1. The zero-order valence-electron chi connectivity index (χ0n) is 13.3. The highest BCUT2D eigenvalue weighted by Crippen LogP contribution is 2.40. The Morgan fingerprint density at radius 1 is 1.36 bits per heavy atom. The van der Waals surface area contributed by atoms with Crippen LogP contribution in [0, 0.1) is 0 Å². The Morgan fingerprint density at radius 3 is 2.88 bits per heavy atom. The molecule has 0 bridgehead atoms. The van der Waals surface area contributed by atoms with Gasteiger partial charge in [-0.3, -0.25) is 14.6 Å². The van der Waals surface area contributed by atoms with E-state index in [1.54, 1.807) is 23.4 Å². The van der Waals surface area contributed by atoms with Gasteiger partial charge >= 0.3 is 0 Å². The molecule has 0 unspecified atom stereocenters. The first-order valence-electron chi connectivity index (χ1n) is 7.80. The Morgan fingerprint density at radius 2 is 2.16 bits per heavy atom. The van der Waals surface area contributed by atoms with Gasteiger partial charge in [-0.1, -0.05) is 11.6 Å². The molecule has 4 rings (SSSR count). The molecule has 3 N–H and O–H groups in total. The van der Waals surface area contributed by atoms with Crippen molar-refractivity contribution in [3.63, 3.8) is 0 Å². The van der Waals surface area contributed by atoms with Gasteiger partial charge in [0, 0.05) is 25.5 Å². The van der Waals surface area contributed by atoms with Crippen molar-refractivity contribution in [3.05, 3.63) is 28.9 Å². The number of hydrogen-bond donors (Lipinski definition) is 2. The second-order valence-electron chi connectivity index (χ2n) is 5.71. The smallest absolute Gasteiger partial charge is 0.261 e. The number of hydrogen-bond acceptors (Lipinski definition) is 7. The van der Waals surface area contributed by atoms with Crippen LogP contribution in [0.5, 0.6) is 0 Å². The molecule has 0 atom stereocenters. The van der Waals surface area contributed by atoms with E-state index in [1.807, 2.05) is 0 Å². The summed E-state index contributed by atoms with van der Waals surface area (Å²) in [5, 5.41) is 0.151. The molecule has 2 aromatic rings. The highest BCUT2D eigenvalue weighted by Gasteiger charge is 2.38. The third-order valence-electron chi connectivity index (χ3n) is 4.11. The maximum absolute atomic E-state index is 13.0. The number of aromatic amines is 1. The van der Waals surface area contributed by atoms with Gasteiger partial charge in [0.05, 0.1) is 31.0 Å². The third-order valence-corrected chi connectivity index (χ3v) is 4.38. The highest BCUT2D eigenvalue weighted by atomic mass is 35.5. The lowest BCUT2D eigenvalue weighted by Crippen LogP contribution is -2.45. The fraction of sp³-hybridized carbons (Fsp3) is 0.333. The van der Waals surface area contributed by atoms with Gasteiger partial charge in [0.25, 0.3) is 5.91 Å². The molecule has 0 aliphatic carbocycles. The first-order valence-corrected chi connectivity index (χ1v) is 8.17. The molecule has 0 saturated carbocycles. The number of H-pyrrole nitrogens is 1. The molecule has 10 heteroatoms. The lowest BCUT2D eigenvalue weighted by Gasteiger charge is -2.30. The molecule has 0 spiro atoms. The molecular formula is C15H16ClN7O2. The van der Waals surface area contributed by atoms with E-state index in [2.05, 4.69) is 24.8 Å². The SMILES string of the molecule is Nc1nc(Cl)c2c(n1)N(CN1CCOCC1)C(=O)/C2=C/c1ncc[nH]1. The van der Waals surface area contributed by atoms with Crippen molar-refractivity contribution < 1.29 is 9.53 Å². The number of imidazole rings is 1. The van der Waals surface area contributed by atoms with E-state index in [0.717, 1.165) is 13.1 Å². The summed E-state index contributed by atoms with van der Waals surface area (Å²) in [5.74, 6) is 0.796. The van der Waals surface area contributed by atoms with Gasteiger partial charge in [-0.2, -0.15) is 4.98 Å². The molecule has 9 nitrogen and oxygen atoms in total. The number of ether oxygens (including phenoxy) is 1. The van der Waals surface area contributed by atoms with E-state index in [0.29, 0.717) is 42.7 Å². The Bertz CT molecular complexity index is 831. The number of nitrogen functional groups attached to an aromatic ring is 1. The normalized spacial score (nSPS) is 19.6. The number of nitrogens with zero attached hydrogens (tertiary/aromatic N) is 5. The van der Waals surface area contributed by atoms with Crippen molar-refractivity contribution >= 4 is 40.9 Å². The first kappa shape index (κ1) is 16.0. The van der Waals surface area contributed by atoms with Gasteiger partial charge in [-0.25, -0.2) is 9.97 Å². The Kier molecular flexibility index (Phi) is 4.12. The number of rotatable bonds is 3. The van der Waals surface area contributed by atoms with E-state index in [9.17, 15) is 4.79 Å². The van der Waals surface area contributed by atoms with E-state index in [-0.39, 0.29) is 17.0 Å². The van der Waals surface area contributed by atoms with Gasteiger partial charge in [-0.05, 0) is 6.08 Å². The summed E-state index contributed by atoms with van der Waals surface area (Å²) in [6, 6.07) is 0. The summed E-state index contributed by atoms with van der Waals surface area (Å²) >= 11 is 6.27. The van der Waals surface area contributed by atoms with Crippen molar-refractivity contribution in [1.82, 2.24) is 24.8 Å². The number of morpholine rings is 1. The molecule has 2 aliphatic heterocycles. The lowest BCUT2D eigenvalue weighted by molar-refractivity contribution is -0.113. The van der Waals surface area contributed by atoms with Crippen LogP contribution in [0.4, 0.5) is 11.8 Å². The first-order chi connectivity index (χ1) is 12.1. The Labute approximate surface area is 148 Å². The zero-order chi connectivity index (χ0) is 17.4. The van der Waals surface area contributed by atoms with Crippen LogP contribution in [-0.2, 0) is 9.53 Å². The minimum Gasteiger partial charge on any atom is -0.379 e. The highest BCUT2D eigenvalue weighted by molar-refractivity contribution is 6.41. The molecule has 1 amide bonds. The van der Waals surface area contributed by atoms with Crippen molar-refractivity contribution in [3.8, 4) is 0 Å². The summed E-state index contributed by atoms with van der Waals surface area (Å²) in [5.41, 5.74) is 6.61. The van der Waals surface area contributed by atoms with Crippen LogP contribution >= 0.6 is 11.6 Å². The molecule has 1 saturated heterocycles. The monoisotopic (exact) mass is 361 g/mol. The van der Waals surface area contributed by atoms with Gasteiger partial charge in [0.15, 0.2) is 5.82 Å². The summed E-state index contributed by atoms with van der Waals surface area (Å²) in [7, 11) is 0. The molecule has 2 aliphatic rings. The van der Waals surface area contributed by atoms with Crippen molar-refractivity contribution in [2.45, 2.75) is 0 Å². The van der Waals surface area contributed by atoms with Gasteiger partial charge in [0.1, 0.15) is 11.0 Å². The van der Waals surface area contributed by atoms with Crippen LogP contribution in [0.1, 0.15) is 11.4 Å². The number of aromatic nitrogens is 4. The van der Waals surface area contributed by atoms with Crippen LogP contribution in [0.25, 0.3) is 11.6 Å². The van der Waals surface area contributed by atoms with Gasteiger partial charge < -0.3 is 15.5 Å². The third kappa shape index (κ3) is 2.97. The minimum atomic E-state index is -0.209. The fourth-order valence-corrected chi connectivity index (χ4v) is 3.19. The molecular weight excluding hydrogens is 346 g/mol. The number of carbonyl (C=O) groups is 1. The molecule has 0 radical (unpaired) electrons. The number of amides is 1. The maximum atomic E-state index is 13.0. The van der Waals surface area contributed by atoms with Crippen LogP contribution in [0.2, 0.25) is 5.15 Å². The Balaban J connectivity index is 1.75. The van der Waals surface area contributed by atoms with Crippen molar-refractivity contribution in [1.29, 1.82) is 0 Å². The summed E-state index contributed by atoms with van der Waals surface area (Å²) in [4.78, 5) is 32.0. The van der Waals surface area contributed by atoms with Crippen molar-refractivity contribution in [2.75, 3.05) is 43.6 Å². The van der Waals surface area contributed by atoms with Crippen LogP contribution < -0.4 is 10.6 Å². The number of halogens is 1. The second-order valence-corrected chi connectivity index (χ2v) is 6.07. The molecule has 25 heavy (non-hydrogen) atoms. The largest absolute Gasteiger partial charge is 0.379 e. The minimum absolute atomic E-state index is 0.0303. The standard InChI is InChI=1S/C15H16ClN7O2/c16-12-11-9(7-10-18-1-2-19-10)14(24)23(13(11)21-15(17)20-12)8-22-3-5-25-6-4-22/h1-2,7H,3-6,8H2,(H,18,19)(H2,17,20,21)/b9-7+. The van der Waals surface area contributed by atoms with E-state index < -0.39 is 0 Å². The fourth-order valence-electron chi connectivity index (χ4n) is 2.91. The van der Waals surface area contributed by atoms with Crippen LogP contribution in [0.15, 0.2) is 12.4 Å². The quantitative estimate of drug-likeness (QED) is 0.608. The molecule has 2 aromatic heterocycles. The van der Waals surface area contributed by atoms with Gasteiger partial charge in [0.2, 0.25) is 5.95 Å². The number of fused-ring (bicyclic) bond motifs is 1. The second kappa shape index (κ2) is 6.43. The molecule has 130 valence electrons. The summed E-state index contributed by atoms with van der Waals surface area (Å²) < 4.78 is 5.35.